The van der Waals surface area contributed by atoms with Gasteiger partial charge in [-0.1, -0.05) is 0 Å². The van der Waals surface area contributed by atoms with Gasteiger partial charge in [0, 0.05) is 22.0 Å². The van der Waals surface area contributed by atoms with Crippen LogP contribution in [0, 0.1) is 10.5 Å². The minimum absolute atomic E-state index is 0.579. The van der Waals surface area contributed by atoms with Gasteiger partial charge in [-0.3, -0.25) is 4.98 Å². The van der Waals surface area contributed by atoms with Gasteiger partial charge in [0.15, 0.2) is 0 Å². The number of halogens is 1. The van der Waals surface area contributed by atoms with Crippen molar-refractivity contribution in [2.24, 2.45) is 5.73 Å². The van der Waals surface area contributed by atoms with E-state index in [1.165, 1.54) is 0 Å². The Morgan fingerprint density at radius 2 is 2.40 bits per heavy atom. The van der Waals surface area contributed by atoms with Crippen molar-refractivity contribution in [1.29, 1.82) is 0 Å². The molecule has 0 spiro atoms. The van der Waals surface area contributed by atoms with Crippen LogP contribution in [0.2, 0.25) is 0 Å². The number of nitrogens with zero attached hydrogens (tertiary/aromatic N) is 1. The quantitative estimate of drug-likeness (QED) is 0.764. The molecule has 0 aromatic carbocycles. The van der Waals surface area contributed by atoms with Gasteiger partial charge in [-0.25, -0.2) is 0 Å². The zero-order valence-electron chi connectivity index (χ0n) is 5.76. The van der Waals surface area contributed by atoms with Crippen LogP contribution < -0.4 is 5.73 Å². The number of aryl methyl sites for hydroxylation is 1. The Bertz CT molecular complexity index is 235. The lowest BCUT2D eigenvalue weighted by molar-refractivity contribution is 1.00. The number of rotatable bonds is 1. The van der Waals surface area contributed by atoms with E-state index in [9.17, 15) is 0 Å². The summed E-state index contributed by atoms with van der Waals surface area (Å²) in [5.41, 5.74) is 7.64. The first-order valence-corrected chi connectivity index (χ1v) is 4.13. The van der Waals surface area contributed by atoms with Crippen molar-refractivity contribution >= 4 is 22.6 Å². The van der Waals surface area contributed by atoms with Crippen LogP contribution in [0.1, 0.15) is 11.3 Å². The maximum Gasteiger partial charge on any atom is 0.0418 e. The molecule has 1 heterocycles. The van der Waals surface area contributed by atoms with E-state index in [2.05, 4.69) is 33.6 Å². The highest BCUT2D eigenvalue weighted by Gasteiger charge is 1.96. The SMILES string of the molecule is Cc1ncc(I)cc1CN. The fourth-order valence-corrected chi connectivity index (χ4v) is 1.27. The Morgan fingerprint density at radius 1 is 1.70 bits per heavy atom. The topological polar surface area (TPSA) is 38.9 Å². The van der Waals surface area contributed by atoms with Gasteiger partial charge in [-0.2, -0.15) is 0 Å². The molecule has 0 aliphatic carbocycles. The molecule has 3 heteroatoms. The van der Waals surface area contributed by atoms with Crippen molar-refractivity contribution in [1.82, 2.24) is 4.98 Å². The molecule has 2 nitrogen and oxygen atoms in total. The zero-order valence-corrected chi connectivity index (χ0v) is 7.92. The van der Waals surface area contributed by atoms with E-state index < -0.39 is 0 Å². The first-order chi connectivity index (χ1) is 4.74. The third-order valence-electron chi connectivity index (χ3n) is 1.38. The lowest BCUT2D eigenvalue weighted by Gasteiger charge is -2.00. The number of pyridine rings is 1. The summed E-state index contributed by atoms with van der Waals surface area (Å²) in [6.07, 6.45) is 1.84. The van der Waals surface area contributed by atoms with Crippen LogP contribution in [0.25, 0.3) is 0 Å². The molecular formula is C7H9IN2. The summed E-state index contributed by atoms with van der Waals surface area (Å²) in [4.78, 5) is 4.16. The molecule has 0 saturated heterocycles. The van der Waals surface area contributed by atoms with Gasteiger partial charge in [-0.05, 0) is 41.1 Å². The van der Waals surface area contributed by atoms with Crippen molar-refractivity contribution < 1.29 is 0 Å². The van der Waals surface area contributed by atoms with E-state index in [-0.39, 0.29) is 0 Å². The van der Waals surface area contributed by atoms with Crippen LogP contribution in [0.3, 0.4) is 0 Å². The Morgan fingerprint density at radius 3 is 2.90 bits per heavy atom. The third kappa shape index (κ3) is 1.67. The predicted molar refractivity (Wildman–Crippen MR) is 49.6 cm³/mol. The van der Waals surface area contributed by atoms with Gasteiger partial charge in [-0.15, -0.1) is 0 Å². The zero-order chi connectivity index (χ0) is 7.56. The van der Waals surface area contributed by atoms with Crippen molar-refractivity contribution in [3.8, 4) is 0 Å². The molecule has 0 atom stereocenters. The van der Waals surface area contributed by atoms with Crippen LogP contribution in [0.5, 0.6) is 0 Å². The second-order valence-corrected chi connectivity index (χ2v) is 3.35. The van der Waals surface area contributed by atoms with Crippen LogP contribution in [-0.2, 0) is 6.54 Å². The molecule has 0 unspecified atom stereocenters. The largest absolute Gasteiger partial charge is 0.326 e. The molecule has 1 aromatic rings. The monoisotopic (exact) mass is 248 g/mol. The molecule has 10 heavy (non-hydrogen) atoms. The lowest BCUT2D eigenvalue weighted by Crippen LogP contribution is -2.00. The summed E-state index contributed by atoms with van der Waals surface area (Å²) in [6, 6.07) is 2.06. The molecule has 0 radical (unpaired) electrons. The molecule has 0 bridgehead atoms. The maximum absolute atomic E-state index is 5.48. The van der Waals surface area contributed by atoms with Crippen LogP contribution in [0.4, 0.5) is 0 Å². The van der Waals surface area contributed by atoms with E-state index in [1.54, 1.807) is 0 Å². The van der Waals surface area contributed by atoms with Gasteiger partial charge in [0.2, 0.25) is 0 Å². The number of nitrogens with two attached hydrogens (primary N) is 1. The standard InChI is InChI=1S/C7H9IN2/c1-5-6(3-9)2-7(8)4-10-5/h2,4H,3,9H2,1H3. The van der Waals surface area contributed by atoms with E-state index in [4.69, 9.17) is 5.73 Å². The highest BCUT2D eigenvalue weighted by molar-refractivity contribution is 14.1. The normalized spacial score (nSPS) is 9.90. The second kappa shape index (κ2) is 3.30. The minimum Gasteiger partial charge on any atom is -0.326 e. The molecule has 0 amide bonds. The summed E-state index contributed by atoms with van der Waals surface area (Å²) >= 11 is 2.23. The second-order valence-electron chi connectivity index (χ2n) is 2.10. The summed E-state index contributed by atoms with van der Waals surface area (Å²) in [5.74, 6) is 0. The molecular weight excluding hydrogens is 239 g/mol. The predicted octanol–water partition coefficient (Wildman–Crippen LogP) is 1.45. The van der Waals surface area contributed by atoms with Crippen LogP contribution in [0.15, 0.2) is 12.3 Å². The highest BCUT2D eigenvalue weighted by Crippen LogP contribution is 2.08. The minimum atomic E-state index is 0.579. The first kappa shape index (κ1) is 7.94. The average Bonchev–Trinajstić information content (AvgIpc) is 1.94. The number of hydrogen-bond donors (Lipinski definition) is 1. The molecule has 0 saturated carbocycles. The van der Waals surface area contributed by atoms with E-state index in [0.29, 0.717) is 6.54 Å². The van der Waals surface area contributed by atoms with E-state index in [1.807, 2.05) is 13.1 Å². The third-order valence-corrected chi connectivity index (χ3v) is 1.97. The fraction of sp³-hybridized carbons (Fsp3) is 0.286. The summed E-state index contributed by atoms with van der Waals surface area (Å²) in [6.45, 7) is 2.55. The molecule has 0 aliphatic heterocycles. The van der Waals surface area contributed by atoms with Gasteiger partial charge < -0.3 is 5.73 Å². The van der Waals surface area contributed by atoms with Gasteiger partial charge in [0.25, 0.3) is 0 Å². The Balaban J connectivity index is 3.09. The highest BCUT2D eigenvalue weighted by atomic mass is 127. The molecule has 0 fully saturated rings. The summed E-state index contributed by atoms with van der Waals surface area (Å²) < 4.78 is 1.14. The smallest absolute Gasteiger partial charge is 0.0418 e. The Kier molecular flexibility index (Phi) is 2.62. The summed E-state index contributed by atoms with van der Waals surface area (Å²) in [5, 5.41) is 0. The molecule has 2 N–H and O–H groups in total. The van der Waals surface area contributed by atoms with Crippen molar-refractivity contribution in [2.75, 3.05) is 0 Å². The van der Waals surface area contributed by atoms with Crippen LogP contribution >= 0.6 is 22.6 Å². The van der Waals surface area contributed by atoms with Gasteiger partial charge in [0.05, 0.1) is 0 Å². The number of aromatic nitrogens is 1. The van der Waals surface area contributed by atoms with Gasteiger partial charge in [0.1, 0.15) is 0 Å². The molecule has 54 valence electrons. The molecule has 1 rings (SSSR count). The van der Waals surface area contributed by atoms with Gasteiger partial charge >= 0.3 is 0 Å². The average molecular weight is 248 g/mol. The maximum atomic E-state index is 5.48. The Hall–Kier alpha value is -0.160. The van der Waals surface area contributed by atoms with E-state index >= 15 is 0 Å². The van der Waals surface area contributed by atoms with Crippen molar-refractivity contribution in [3.63, 3.8) is 0 Å². The van der Waals surface area contributed by atoms with E-state index in [0.717, 1.165) is 14.8 Å². The molecule has 1 aromatic heterocycles. The fourth-order valence-electron chi connectivity index (χ4n) is 0.756. The first-order valence-electron chi connectivity index (χ1n) is 3.05. The van der Waals surface area contributed by atoms with Crippen molar-refractivity contribution in [2.45, 2.75) is 13.5 Å². The number of hydrogen-bond acceptors (Lipinski definition) is 2. The van der Waals surface area contributed by atoms with Crippen LogP contribution in [-0.4, -0.2) is 4.98 Å². The Labute approximate surface area is 74.0 Å². The van der Waals surface area contributed by atoms with Crippen molar-refractivity contribution in [3.05, 3.63) is 27.1 Å². The summed E-state index contributed by atoms with van der Waals surface area (Å²) in [7, 11) is 0. The molecule has 0 aliphatic rings. The lowest BCUT2D eigenvalue weighted by atomic mass is 10.2.